The Morgan fingerprint density at radius 3 is 2.47 bits per heavy atom. The monoisotopic (exact) mass is 259 g/mol. The van der Waals surface area contributed by atoms with Crippen molar-refractivity contribution >= 4 is 16.7 Å². The minimum atomic E-state index is -0.880. The lowest BCUT2D eigenvalue weighted by Gasteiger charge is -2.34. The number of hydrogen-bond donors (Lipinski definition) is 1. The van der Waals surface area contributed by atoms with E-state index in [2.05, 4.69) is 27.8 Å². The molecule has 0 saturated carbocycles. The van der Waals surface area contributed by atoms with E-state index in [4.69, 9.17) is 5.11 Å². The Bertz CT molecular complexity index is 612. The summed E-state index contributed by atoms with van der Waals surface area (Å²) in [4.78, 5) is 13.3. The molecule has 1 saturated heterocycles. The largest absolute Gasteiger partial charge is 0.478 e. The molecule has 0 spiro atoms. The normalized spacial score (nSPS) is 17.0. The molecule has 1 N–H and O–H groups in total. The van der Waals surface area contributed by atoms with Crippen molar-refractivity contribution in [2.24, 2.45) is 0 Å². The molecule has 3 rings (SSSR count). The van der Waals surface area contributed by atoms with Gasteiger partial charge in [0.15, 0.2) is 0 Å². The van der Waals surface area contributed by atoms with Gasteiger partial charge in [-0.2, -0.15) is 0 Å². The fourth-order valence-electron chi connectivity index (χ4n) is 2.45. The fourth-order valence-corrected chi connectivity index (χ4v) is 2.45. The Kier molecular flexibility index (Phi) is 2.91. The summed E-state index contributed by atoms with van der Waals surface area (Å²) >= 11 is 0. The topological polar surface area (TPSA) is 48.7 Å². The van der Waals surface area contributed by atoms with E-state index in [0.29, 0.717) is 5.56 Å². The van der Waals surface area contributed by atoms with Crippen LogP contribution in [0.3, 0.4) is 0 Å². The van der Waals surface area contributed by atoms with Crippen molar-refractivity contribution < 1.29 is 9.90 Å². The number of hydrogen-bond acceptors (Lipinski definition) is 3. The molecule has 0 amide bonds. The fraction of sp³-hybridized carbons (Fsp3) is 0.357. The summed E-state index contributed by atoms with van der Waals surface area (Å²) < 4.78 is 2.09. The van der Waals surface area contributed by atoms with Crippen LogP contribution >= 0.6 is 0 Å². The predicted octanol–water partition coefficient (Wildman–Crippen LogP) is 1.22. The van der Waals surface area contributed by atoms with Gasteiger partial charge < -0.3 is 15.0 Å². The maximum atomic E-state index is 11.0. The molecule has 1 aliphatic heterocycles. The van der Waals surface area contributed by atoms with E-state index in [1.807, 2.05) is 12.3 Å². The lowest BCUT2D eigenvalue weighted by atomic mass is 10.1. The molecule has 2 aromatic rings. The molecular formula is C14H17N3O2. The maximum Gasteiger partial charge on any atom is 0.335 e. The summed E-state index contributed by atoms with van der Waals surface area (Å²) in [7, 11) is 2.13. The molecule has 5 heteroatoms. The third kappa shape index (κ3) is 2.29. The molecule has 1 fully saturated rings. The number of likely N-dealkylation sites (N-methyl/N-ethyl adjacent to an activating group) is 1. The molecule has 0 aliphatic carbocycles. The van der Waals surface area contributed by atoms with Gasteiger partial charge in [0, 0.05) is 49.3 Å². The first kappa shape index (κ1) is 12.0. The van der Waals surface area contributed by atoms with Crippen LogP contribution in [0.25, 0.3) is 10.8 Å². The Morgan fingerprint density at radius 1 is 1.11 bits per heavy atom. The van der Waals surface area contributed by atoms with Crippen molar-refractivity contribution in [1.82, 2.24) is 9.58 Å². The number of benzene rings is 1. The molecule has 100 valence electrons. The molecule has 2 heterocycles. The van der Waals surface area contributed by atoms with Crippen LogP contribution in [0.2, 0.25) is 0 Å². The molecule has 0 atom stereocenters. The van der Waals surface area contributed by atoms with Crippen LogP contribution in [-0.2, 0) is 0 Å². The average molecular weight is 259 g/mol. The molecule has 0 radical (unpaired) electrons. The average Bonchev–Trinajstić information content (AvgIpc) is 2.82. The summed E-state index contributed by atoms with van der Waals surface area (Å²) in [6.07, 6.45) is 4.07. The first-order chi connectivity index (χ1) is 9.13. The van der Waals surface area contributed by atoms with Crippen molar-refractivity contribution in [3.8, 4) is 0 Å². The van der Waals surface area contributed by atoms with Gasteiger partial charge in [0.25, 0.3) is 0 Å². The smallest absolute Gasteiger partial charge is 0.335 e. The molecule has 1 aromatic carbocycles. The standard InChI is InChI=1S/C14H17N3O2/c1-15-4-6-16(7-5-15)17-9-12-3-2-11(14(18)19)8-13(12)10-17/h2-3,8-10H,4-7H2,1H3,(H,18,19). The number of nitrogens with zero attached hydrogens (tertiary/aromatic N) is 3. The lowest BCUT2D eigenvalue weighted by Crippen LogP contribution is -2.49. The first-order valence-corrected chi connectivity index (χ1v) is 6.42. The predicted molar refractivity (Wildman–Crippen MR) is 74.3 cm³/mol. The summed E-state index contributed by atoms with van der Waals surface area (Å²) in [5.41, 5.74) is 0.337. The zero-order valence-electron chi connectivity index (χ0n) is 10.9. The van der Waals surface area contributed by atoms with E-state index in [-0.39, 0.29) is 0 Å². The molecule has 0 unspecified atom stereocenters. The van der Waals surface area contributed by atoms with Crippen LogP contribution in [0, 0.1) is 0 Å². The van der Waals surface area contributed by atoms with Crippen molar-refractivity contribution in [3.05, 3.63) is 36.2 Å². The number of piperazine rings is 1. The highest BCUT2D eigenvalue weighted by molar-refractivity contribution is 5.94. The van der Waals surface area contributed by atoms with E-state index in [1.165, 1.54) is 0 Å². The van der Waals surface area contributed by atoms with Gasteiger partial charge in [-0.3, -0.25) is 4.68 Å². The summed E-state index contributed by atoms with van der Waals surface area (Å²) in [6, 6.07) is 5.24. The Balaban J connectivity index is 1.91. The van der Waals surface area contributed by atoms with Crippen LogP contribution < -0.4 is 5.01 Å². The van der Waals surface area contributed by atoms with E-state index in [9.17, 15) is 4.79 Å². The summed E-state index contributed by atoms with van der Waals surface area (Å²) in [5, 5.41) is 13.3. The molecule has 5 nitrogen and oxygen atoms in total. The SMILES string of the molecule is CN1CCN(n2cc3ccc(C(=O)O)cc3c2)CC1. The van der Waals surface area contributed by atoms with Gasteiger partial charge in [-0.25, -0.2) is 4.79 Å². The van der Waals surface area contributed by atoms with Gasteiger partial charge in [0.1, 0.15) is 0 Å². The molecule has 0 bridgehead atoms. The highest BCUT2D eigenvalue weighted by Gasteiger charge is 2.14. The van der Waals surface area contributed by atoms with Crippen molar-refractivity contribution in [2.75, 3.05) is 38.2 Å². The molecular weight excluding hydrogens is 242 g/mol. The molecule has 1 aromatic heterocycles. The Morgan fingerprint density at radius 2 is 1.79 bits per heavy atom. The molecule has 1 aliphatic rings. The van der Waals surface area contributed by atoms with Gasteiger partial charge in [-0.05, 0) is 19.2 Å². The van der Waals surface area contributed by atoms with E-state index in [0.717, 1.165) is 37.0 Å². The van der Waals surface area contributed by atoms with E-state index >= 15 is 0 Å². The first-order valence-electron chi connectivity index (χ1n) is 6.42. The number of carboxylic acids is 1. The second-order valence-corrected chi connectivity index (χ2v) is 5.04. The zero-order valence-corrected chi connectivity index (χ0v) is 10.9. The maximum absolute atomic E-state index is 11.0. The Hall–Kier alpha value is -2.01. The van der Waals surface area contributed by atoms with E-state index < -0.39 is 5.97 Å². The van der Waals surface area contributed by atoms with Gasteiger partial charge in [0.05, 0.1) is 5.56 Å². The van der Waals surface area contributed by atoms with Gasteiger partial charge in [0.2, 0.25) is 0 Å². The zero-order chi connectivity index (χ0) is 13.4. The van der Waals surface area contributed by atoms with Crippen molar-refractivity contribution in [1.29, 1.82) is 0 Å². The van der Waals surface area contributed by atoms with Crippen LogP contribution in [0.4, 0.5) is 0 Å². The van der Waals surface area contributed by atoms with Crippen molar-refractivity contribution in [2.45, 2.75) is 0 Å². The second-order valence-electron chi connectivity index (χ2n) is 5.04. The summed E-state index contributed by atoms with van der Waals surface area (Å²) in [6.45, 7) is 4.08. The van der Waals surface area contributed by atoms with Crippen LogP contribution in [0.5, 0.6) is 0 Å². The number of fused-ring (bicyclic) bond motifs is 1. The number of aromatic nitrogens is 1. The second kappa shape index (κ2) is 4.59. The molecule has 19 heavy (non-hydrogen) atoms. The number of rotatable bonds is 2. The van der Waals surface area contributed by atoms with E-state index in [1.54, 1.807) is 12.1 Å². The number of carboxylic acid groups (broad SMARTS) is 1. The third-order valence-electron chi connectivity index (χ3n) is 3.68. The highest BCUT2D eigenvalue weighted by atomic mass is 16.4. The van der Waals surface area contributed by atoms with Crippen LogP contribution in [0.15, 0.2) is 30.6 Å². The highest BCUT2D eigenvalue weighted by Crippen LogP contribution is 2.18. The Labute approximate surface area is 111 Å². The third-order valence-corrected chi connectivity index (χ3v) is 3.68. The lowest BCUT2D eigenvalue weighted by molar-refractivity contribution is 0.0697. The summed E-state index contributed by atoms with van der Waals surface area (Å²) in [5.74, 6) is -0.880. The minimum absolute atomic E-state index is 0.337. The van der Waals surface area contributed by atoms with Crippen LogP contribution in [-0.4, -0.2) is 53.9 Å². The van der Waals surface area contributed by atoms with Crippen LogP contribution in [0.1, 0.15) is 10.4 Å². The number of carbonyl (C=O) groups is 1. The van der Waals surface area contributed by atoms with Gasteiger partial charge in [-0.1, -0.05) is 6.07 Å². The van der Waals surface area contributed by atoms with Gasteiger partial charge in [-0.15, -0.1) is 0 Å². The van der Waals surface area contributed by atoms with Crippen molar-refractivity contribution in [3.63, 3.8) is 0 Å². The minimum Gasteiger partial charge on any atom is -0.478 e. The quantitative estimate of drug-likeness (QED) is 0.881. The number of aromatic carboxylic acids is 1. The van der Waals surface area contributed by atoms with Gasteiger partial charge >= 0.3 is 5.97 Å².